The molecule has 1 amide bonds. The van der Waals surface area contributed by atoms with Gasteiger partial charge >= 0.3 is 0 Å². The van der Waals surface area contributed by atoms with Crippen LogP contribution in [0.25, 0.3) is 0 Å². The van der Waals surface area contributed by atoms with Crippen molar-refractivity contribution in [3.05, 3.63) is 0 Å². The summed E-state index contributed by atoms with van der Waals surface area (Å²) in [4.78, 5) is 12.0. The molecule has 102 valence electrons. The maximum Gasteiger partial charge on any atom is 0.222 e. The first-order chi connectivity index (χ1) is 8.74. The number of hydrogen-bond acceptors (Lipinski definition) is 3. The minimum absolute atomic E-state index is 0.120. The average molecular weight is 252 g/mol. The molecule has 0 aliphatic heterocycles. The Bertz CT molecular complexity index is 318. The number of rotatable bonds is 6. The summed E-state index contributed by atoms with van der Waals surface area (Å²) in [5.41, 5.74) is 5.59. The molecule has 3 rings (SSSR count). The minimum Gasteiger partial charge on any atom is -0.377 e. The van der Waals surface area contributed by atoms with E-state index in [1.54, 1.807) is 0 Å². The number of fused-ring (bicyclic) bond motifs is 5. The van der Waals surface area contributed by atoms with Gasteiger partial charge in [0, 0.05) is 19.2 Å². The zero-order valence-electron chi connectivity index (χ0n) is 11.1. The number of nitrogens with two attached hydrogens (primary N) is 1. The number of ether oxygens (including phenoxy) is 1. The second kappa shape index (κ2) is 4.82. The monoisotopic (exact) mass is 252 g/mol. The molecule has 0 radical (unpaired) electrons. The first kappa shape index (κ1) is 12.4. The van der Waals surface area contributed by atoms with Crippen molar-refractivity contribution >= 4 is 5.91 Å². The van der Waals surface area contributed by atoms with Crippen LogP contribution in [-0.4, -0.2) is 31.2 Å². The summed E-state index contributed by atoms with van der Waals surface area (Å²) >= 11 is 0. The van der Waals surface area contributed by atoms with Crippen molar-refractivity contribution in [3.8, 4) is 0 Å². The largest absolute Gasteiger partial charge is 0.377 e. The van der Waals surface area contributed by atoms with Gasteiger partial charge in [-0.1, -0.05) is 0 Å². The van der Waals surface area contributed by atoms with Gasteiger partial charge in [0.25, 0.3) is 0 Å². The number of carbonyl (C=O) groups excluding carboxylic acids is 1. The number of nitrogens with one attached hydrogen (secondary N) is 1. The van der Waals surface area contributed by atoms with E-state index in [2.05, 4.69) is 5.32 Å². The lowest BCUT2D eigenvalue weighted by Gasteiger charge is -2.15. The summed E-state index contributed by atoms with van der Waals surface area (Å²) in [7, 11) is 0. The zero-order valence-corrected chi connectivity index (χ0v) is 11.1. The Kier molecular flexibility index (Phi) is 3.32. The Labute approximate surface area is 109 Å². The van der Waals surface area contributed by atoms with E-state index < -0.39 is 0 Å². The predicted octanol–water partition coefficient (Wildman–Crippen LogP) is 0.901. The zero-order chi connectivity index (χ0) is 12.7. The van der Waals surface area contributed by atoms with Crippen LogP contribution in [0.15, 0.2) is 0 Å². The second-order valence-corrected chi connectivity index (χ2v) is 6.10. The quantitative estimate of drug-likeness (QED) is 0.738. The molecule has 3 fully saturated rings. The summed E-state index contributed by atoms with van der Waals surface area (Å²) in [6.07, 6.45) is 4.50. The van der Waals surface area contributed by atoms with Crippen LogP contribution in [0.1, 0.15) is 32.6 Å². The van der Waals surface area contributed by atoms with Crippen molar-refractivity contribution in [3.63, 3.8) is 0 Å². The van der Waals surface area contributed by atoms with Gasteiger partial charge in [-0.15, -0.1) is 0 Å². The van der Waals surface area contributed by atoms with Crippen LogP contribution in [0, 0.1) is 23.7 Å². The van der Waals surface area contributed by atoms with Gasteiger partial charge in [-0.3, -0.25) is 4.79 Å². The highest BCUT2D eigenvalue weighted by atomic mass is 16.5. The molecule has 0 aromatic heterocycles. The third kappa shape index (κ3) is 2.05. The lowest BCUT2D eigenvalue weighted by molar-refractivity contribution is -0.124. The molecule has 0 heterocycles. The molecule has 2 bridgehead atoms. The lowest BCUT2D eigenvalue weighted by Crippen LogP contribution is -2.35. The van der Waals surface area contributed by atoms with Crippen molar-refractivity contribution in [2.45, 2.75) is 44.8 Å². The number of hydrogen-bond donors (Lipinski definition) is 2. The van der Waals surface area contributed by atoms with E-state index in [4.69, 9.17) is 10.5 Å². The van der Waals surface area contributed by atoms with Crippen LogP contribution < -0.4 is 11.1 Å². The summed E-state index contributed by atoms with van der Waals surface area (Å²) in [6.45, 7) is 2.97. The summed E-state index contributed by atoms with van der Waals surface area (Å²) < 4.78 is 5.43. The van der Waals surface area contributed by atoms with Crippen molar-refractivity contribution in [1.82, 2.24) is 5.32 Å². The standard InChI is InChI=1S/C14H24N2O2/c1-2-18-10(7-15)6-11(17)16-14-12-8-3-4-9(5-8)13(12)14/h8-10,12-14H,2-7,15H2,1H3,(H,16,17). The van der Waals surface area contributed by atoms with E-state index in [1.165, 1.54) is 19.3 Å². The molecule has 18 heavy (non-hydrogen) atoms. The third-order valence-electron chi connectivity index (χ3n) is 5.14. The Morgan fingerprint density at radius 1 is 1.39 bits per heavy atom. The van der Waals surface area contributed by atoms with Crippen molar-refractivity contribution in [2.24, 2.45) is 29.4 Å². The first-order valence-electron chi connectivity index (χ1n) is 7.35. The highest BCUT2D eigenvalue weighted by Gasteiger charge is 2.65. The summed E-state index contributed by atoms with van der Waals surface area (Å²) in [5, 5.41) is 3.21. The minimum atomic E-state index is -0.120. The maximum absolute atomic E-state index is 12.0. The molecule has 3 N–H and O–H groups in total. The molecule has 0 aromatic carbocycles. The molecule has 5 unspecified atom stereocenters. The number of amides is 1. The van der Waals surface area contributed by atoms with Crippen LogP contribution in [0.5, 0.6) is 0 Å². The van der Waals surface area contributed by atoms with E-state index in [1.807, 2.05) is 6.92 Å². The maximum atomic E-state index is 12.0. The lowest BCUT2D eigenvalue weighted by atomic mass is 10.0. The van der Waals surface area contributed by atoms with Gasteiger partial charge in [0.05, 0.1) is 12.5 Å². The molecule has 5 atom stereocenters. The molecule has 4 nitrogen and oxygen atoms in total. The Hall–Kier alpha value is -0.610. The molecule has 4 heteroatoms. The second-order valence-electron chi connectivity index (χ2n) is 6.10. The summed E-state index contributed by atoms with van der Waals surface area (Å²) in [6, 6.07) is 0.476. The molecule has 3 aliphatic rings. The van der Waals surface area contributed by atoms with Crippen LogP contribution >= 0.6 is 0 Å². The molecule has 0 spiro atoms. The van der Waals surface area contributed by atoms with Gasteiger partial charge in [-0.2, -0.15) is 0 Å². The van der Waals surface area contributed by atoms with Gasteiger partial charge in [-0.25, -0.2) is 0 Å². The van der Waals surface area contributed by atoms with E-state index in [-0.39, 0.29) is 12.0 Å². The fourth-order valence-electron chi connectivity index (χ4n) is 4.42. The Morgan fingerprint density at radius 3 is 2.61 bits per heavy atom. The van der Waals surface area contributed by atoms with Crippen LogP contribution in [0.2, 0.25) is 0 Å². The first-order valence-corrected chi connectivity index (χ1v) is 7.35. The molecular formula is C14H24N2O2. The highest BCUT2D eigenvalue weighted by molar-refractivity contribution is 5.77. The van der Waals surface area contributed by atoms with Crippen LogP contribution in [0.4, 0.5) is 0 Å². The van der Waals surface area contributed by atoms with Crippen LogP contribution in [-0.2, 0) is 9.53 Å². The molecule has 3 saturated carbocycles. The fourth-order valence-corrected chi connectivity index (χ4v) is 4.42. The fraction of sp³-hybridized carbons (Fsp3) is 0.929. The van der Waals surface area contributed by atoms with Crippen molar-refractivity contribution < 1.29 is 9.53 Å². The molecule has 0 saturated heterocycles. The van der Waals surface area contributed by atoms with E-state index in [9.17, 15) is 4.79 Å². The van der Waals surface area contributed by atoms with E-state index >= 15 is 0 Å². The Balaban J connectivity index is 1.45. The van der Waals surface area contributed by atoms with Gasteiger partial charge in [-0.05, 0) is 49.9 Å². The highest BCUT2D eigenvalue weighted by Crippen LogP contribution is 2.65. The van der Waals surface area contributed by atoms with Crippen LogP contribution in [0.3, 0.4) is 0 Å². The van der Waals surface area contributed by atoms with Gasteiger partial charge < -0.3 is 15.8 Å². The molecule has 0 aromatic rings. The average Bonchev–Trinajstić information content (AvgIpc) is 2.75. The SMILES string of the molecule is CCOC(CN)CC(=O)NC1C2C3CCC(C3)C12. The third-order valence-corrected chi connectivity index (χ3v) is 5.14. The molecule has 3 aliphatic carbocycles. The Morgan fingerprint density at radius 2 is 2.06 bits per heavy atom. The van der Waals surface area contributed by atoms with Gasteiger partial charge in [0.15, 0.2) is 0 Å². The van der Waals surface area contributed by atoms with Gasteiger partial charge in [0.2, 0.25) is 5.91 Å². The van der Waals surface area contributed by atoms with E-state index in [0.29, 0.717) is 25.6 Å². The topological polar surface area (TPSA) is 64.3 Å². The predicted molar refractivity (Wildman–Crippen MR) is 68.8 cm³/mol. The van der Waals surface area contributed by atoms with Crippen molar-refractivity contribution in [2.75, 3.05) is 13.2 Å². The van der Waals surface area contributed by atoms with Gasteiger partial charge in [0.1, 0.15) is 0 Å². The smallest absolute Gasteiger partial charge is 0.222 e. The normalized spacial score (nSPS) is 41.6. The van der Waals surface area contributed by atoms with E-state index in [0.717, 1.165) is 23.7 Å². The summed E-state index contributed by atoms with van der Waals surface area (Å²) in [5.74, 6) is 3.54. The van der Waals surface area contributed by atoms with Crippen molar-refractivity contribution in [1.29, 1.82) is 0 Å². The molecular weight excluding hydrogens is 228 g/mol. The number of carbonyl (C=O) groups is 1.